The summed E-state index contributed by atoms with van der Waals surface area (Å²) in [6.45, 7) is 2.87. The highest BCUT2D eigenvalue weighted by Crippen LogP contribution is 2.24. The standard InChI is InChI=1S/C13H16FNOS/c1-2-11(16)8-15-7-10-5-9-3-4-17-13(9)6-12(10)14/h3-6,11,15-16H,2,7-8H2,1H3. The molecule has 2 nitrogen and oxygen atoms in total. The molecule has 0 saturated carbocycles. The highest BCUT2D eigenvalue weighted by molar-refractivity contribution is 7.17. The van der Waals surface area contributed by atoms with Crippen LogP contribution in [-0.2, 0) is 6.54 Å². The summed E-state index contributed by atoms with van der Waals surface area (Å²) in [5.74, 6) is -0.182. The Bertz CT molecular complexity index is 497. The predicted octanol–water partition coefficient (Wildman–Crippen LogP) is 2.90. The smallest absolute Gasteiger partial charge is 0.129 e. The second-order valence-corrected chi connectivity index (χ2v) is 5.04. The Morgan fingerprint density at radius 2 is 2.29 bits per heavy atom. The van der Waals surface area contributed by atoms with Crippen LogP contribution in [0.3, 0.4) is 0 Å². The molecule has 0 radical (unpaired) electrons. The molecule has 1 aromatic heterocycles. The molecule has 4 heteroatoms. The van der Waals surface area contributed by atoms with Gasteiger partial charge in [-0.05, 0) is 35.4 Å². The molecule has 2 aromatic rings. The summed E-state index contributed by atoms with van der Waals surface area (Å²) in [5.41, 5.74) is 0.652. The third-order valence-corrected chi connectivity index (χ3v) is 3.67. The van der Waals surface area contributed by atoms with E-state index in [1.807, 2.05) is 24.4 Å². The van der Waals surface area contributed by atoms with E-state index in [9.17, 15) is 9.50 Å². The Morgan fingerprint density at radius 1 is 1.47 bits per heavy atom. The summed E-state index contributed by atoms with van der Waals surface area (Å²) in [5, 5.41) is 15.5. The minimum absolute atomic E-state index is 0.182. The second-order valence-electron chi connectivity index (χ2n) is 4.10. The first-order chi connectivity index (χ1) is 8.20. The van der Waals surface area contributed by atoms with Crippen LogP contribution in [0.25, 0.3) is 10.1 Å². The molecule has 0 saturated heterocycles. The quantitative estimate of drug-likeness (QED) is 0.858. The van der Waals surface area contributed by atoms with Crippen LogP contribution >= 0.6 is 11.3 Å². The van der Waals surface area contributed by atoms with Gasteiger partial charge in [-0.15, -0.1) is 11.3 Å². The third kappa shape index (κ3) is 3.03. The molecule has 17 heavy (non-hydrogen) atoms. The Morgan fingerprint density at radius 3 is 3.06 bits per heavy atom. The zero-order valence-corrected chi connectivity index (χ0v) is 10.6. The fourth-order valence-electron chi connectivity index (χ4n) is 1.69. The zero-order valence-electron chi connectivity index (χ0n) is 9.74. The van der Waals surface area contributed by atoms with E-state index in [1.165, 1.54) is 0 Å². The number of aliphatic hydroxyl groups excluding tert-OH is 1. The molecule has 1 atom stereocenters. The van der Waals surface area contributed by atoms with E-state index in [4.69, 9.17) is 0 Å². The highest BCUT2D eigenvalue weighted by Gasteiger charge is 2.06. The van der Waals surface area contributed by atoms with Gasteiger partial charge in [0.2, 0.25) is 0 Å². The molecule has 1 heterocycles. The normalized spacial score (nSPS) is 13.1. The SMILES string of the molecule is CCC(O)CNCc1cc2ccsc2cc1F. The fraction of sp³-hybridized carbons (Fsp3) is 0.385. The number of benzene rings is 1. The van der Waals surface area contributed by atoms with Gasteiger partial charge in [0.05, 0.1) is 6.10 Å². The molecule has 0 bridgehead atoms. The van der Waals surface area contributed by atoms with Crippen molar-refractivity contribution in [3.63, 3.8) is 0 Å². The summed E-state index contributed by atoms with van der Waals surface area (Å²) in [7, 11) is 0. The average molecular weight is 253 g/mol. The van der Waals surface area contributed by atoms with Gasteiger partial charge in [0.25, 0.3) is 0 Å². The molecule has 0 aliphatic rings. The van der Waals surface area contributed by atoms with Crippen molar-refractivity contribution in [1.82, 2.24) is 5.32 Å². The Kier molecular flexibility index (Phi) is 4.10. The van der Waals surface area contributed by atoms with Crippen LogP contribution in [0.15, 0.2) is 23.6 Å². The monoisotopic (exact) mass is 253 g/mol. The number of fused-ring (bicyclic) bond motifs is 1. The van der Waals surface area contributed by atoms with E-state index in [0.29, 0.717) is 25.1 Å². The van der Waals surface area contributed by atoms with Gasteiger partial charge in [0.1, 0.15) is 5.82 Å². The number of thiophene rings is 1. The molecule has 2 rings (SSSR count). The molecule has 0 aliphatic carbocycles. The summed E-state index contributed by atoms with van der Waals surface area (Å²) < 4.78 is 14.7. The lowest BCUT2D eigenvalue weighted by Gasteiger charge is -2.10. The van der Waals surface area contributed by atoms with Crippen molar-refractivity contribution in [2.75, 3.05) is 6.54 Å². The highest BCUT2D eigenvalue weighted by atomic mass is 32.1. The van der Waals surface area contributed by atoms with Gasteiger partial charge in [-0.3, -0.25) is 0 Å². The van der Waals surface area contributed by atoms with Crippen LogP contribution in [0.5, 0.6) is 0 Å². The molecule has 1 unspecified atom stereocenters. The lowest BCUT2D eigenvalue weighted by molar-refractivity contribution is 0.167. The average Bonchev–Trinajstić information content (AvgIpc) is 2.76. The molecule has 1 aromatic carbocycles. The van der Waals surface area contributed by atoms with Crippen LogP contribution in [0.1, 0.15) is 18.9 Å². The van der Waals surface area contributed by atoms with Crippen LogP contribution in [0.2, 0.25) is 0 Å². The van der Waals surface area contributed by atoms with Crippen molar-refractivity contribution < 1.29 is 9.50 Å². The Labute approximate surface area is 104 Å². The maximum absolute atomic E-state index is 13.7. The maximum atomic E-state index is 13.7. The number of rotatable bonds is 5. The van der Waals surface area contributed by atoms with E-state index >= 15 is 0 Å². The van der Waals surface area contributed by atoms with Gasteiger partial charge in [0, 0.05) is 23.4 Å². The van der Waals surface area contributed by atoms with Crippen molar-refractivity contribution in [1.29, 1.82) is 0 Å². The second kappa shape index (κ2) is 5.58. The molecule has 0 amide bonds. The third-order valence-electron chi connectivity index (χ3n) is 2.79. The van der Waals surface area contributed by atoms with E-state index < -0.39 is 0 Å². The molecular weight excluding hydrogens is 237 g/mol. The van der Waals surface area contributed by atoms with Crippen LogP contribution in [-0.4, -0.2) is 17.8 Å². The number of halogens is 1. The van der Waals surface area contributed by atoms with Crippen molar-refractivity contribution in [2.24, 2.45) is 0 Å². The van der Waals surface area contributed by atoms with Gasteiger partial charge < -0.3 is 10.4 Å². The van der Waals surface area contributed by atoms with Gasteiger partial charge in [-0.25, -0.2) is 4.39 Å². The molecule has 0 spiro atoms. The summed E-state index contributed by atoms with van der Waals surface area (Å²) >= 11 is 1.54. The number of nitrogens with one attached hydrogen (secondary N) is 1. The first-order valence-electron chi connectivity index (χ1n) is 5.75. The van der Waals surface area contributed by atoms with E-state index in [2.05, 4.69) is 5.32 Å². The van der Waals surface area contributed by atoms with Crippen LogP contribution in [0.4, 0.5) is 4.39 Å². The predicted molar refractivity (Wildman–Crippen MR) is 69.8 cm³/mol. The van der Waals surface area contributed by atoms with Crippen LogP contribution in [0, 0.1) is 5.82 Å². The Balaban J connectivity index is 2.04. The summed E-state index contributed by atoms with van der Waals surface area (Å²) in [4.78, 5) is 0. The minimum Gasteiger partial charge on any atom is -0.392 e. The van der Waals surface area contributed by atoms with Gasteiger partial charge in [-0.1, -0.05) is 6.92 Å². The largest absolute Gasteiger partial charge is 0.392 e. The number of hydrogen-bond donors (Lipinski definition) is 2. The lowest BCUT2D eigenvalue weighted by atomic mass is 10.1. The molecule has 92 valence electrons. The number of aliphatic hydroxyl groups is 1. The van der Waals surface area contributed by atoms with Gasteiger partial charge >= 0.3 is 0 Å². The van der Waals surface area contributed by atoms with Crippen molar-refractivity contribution >= 4 is 21.4 Å². The molecule has 2 N–H and O–H groups in total. The van der Waals surface area contributed by atoms with E-state index in [0.717, 1.165) is 10.1 Å². The summed E-state index contributed by atoms with van der Waals surface area (Å²) in [6, 6.07) is 5.43. The number of hydrogen-bond acceptors (Lipinski definition) is 3. The van der Waals surface area contributed by atoms with E-state index in [-0.39, 0.29) is 11.9 Å². The Hall–Kier alpha value is -0.970. The van der Waals surface area contributed by atoms with Gasteiger partial charge in [0.15, 0.2) is 0 Å². The van der Waals surface area contributed by atoms with Crippen molar-refractivity contribution in [3.8, 4) is 0 Å². The van der Waals surface area contributed by atoms with Gasteiger partial charge in [-0.2, -0.15) is 0 Å². The minimum atomic E-state index is -0.358. The maximum Gasteiger partial charge on any atom is 0.129 e. The zero-order chi connectivity index (χ0) is 12.3. The molecular formula is C13H16FNOS. The molecule has 0 fully saturated rings. The van der Waals surface area contributed by atoms with E-state index in [1.54, 1.807) is 17.4 Å². The first-order valence-corrected chi connectivity index (χ1v) is 6.63. The fourth-order valence-corrected chi connectivity index (χ4v) is 2.48. The lowest BCUT2D eigenvalue weighted by Crippen LogP contribution is -2.26. The van der Waals surface area contributed by atoms with Crippen molar-refractivity contribution in [3.05, 3.63) is 35.0 Å². The first kappa shape index (κ1) is 12.5. The van der Waals surface area contributed by atoms with Crippen LogP contribution < -0.4 is 5.32 Å². The molecule has 0 aliphatic heterocycles. The summed E-state index contributed by atoms with van der Waals surface area (Å²) in [6.07, 6.45) is 0.349. The van der Waals surface area contributed by atoms with Crippen molar-refractivity contribution in [2.45, 2.75) is 26.0 Å². The topological polar surface area (TPSA) is 32.3 Å².